The SMILES string of the molecule is [CH2-]c1ccccc1N=[C-]N.[Y]. The summed E-state index contributed by atoms with van der Waals surface area (Å²) in [5.41, 5.74) is 6.62. The Hall–Kier alpha value is -0.336. The summed E-state index contributed by atoms with van der Waals surface area (Å²) in [5.74, 6) is 0. The third-order valence-corrected chi connectivity index (χ3v) is 1.18. The van der Waals surface area contributed by atoms with Crippen LogP contribution in [0, 0.1) is 6.92 Å². The van der Waals surface area contributed by atoms with E-state index in [1.54, 1.807) is 0 Å². The third kappa shape index (κ3) is 3.04. The molecule has 0 unspecified atom stereocenters. The van der Waals surface area contributed by atoms with Gasteiger partial charge in [0.2, 0.25) is 0 Å². The van der Waals surface area contributed by atoms with Gasteiger partial charge in [-0.2, -0.15) is 11.6 Å². The number of hydrogen-bond donors (Lipinski definition) is 1. The van der Waals surface area contributed by atoms with Gasteiger partial charge in [0.25, 0.3) is 0 Å². The first-order chi connectivity index (χ1) is 4.84. The van der Waals surface area contributed by atoms with Crippen molar-refractivity contribution in [3.63, 3.8) is 0 Å². The zero-order chi connectivity index (χ0) is 7.40. The number of rotatable bonds is 1. The molecule has 2 N–H and O–H groups in total. The van der Waals surface area contributed by atoms with Gasteiger partial charge in [0.1, 0.15) is 0 Å². The molecule has 3 heteroatoms. The molecule has 0 saturated heterocycles. The molecular weight excluding hydrogens is 213 g/mol. The van der Waals surface area contributed by atoms with E-state index in [9.17, 15) is 0 Å². The van der Waals surface area contributed by atoms with E-state index in [1.807, 2.05) is 24.3 Å². The number of para-hydroxylation sites is 1. The van der Waals surface area contributed by atoms with E-state index in [1.165, 1.54) is 0 Å². The van der Waals surface area contributed by atoms with Gasteiger partial charge >= 0.3 is 0 Å². The van der Waals surface area contributed by atoms with Crippen molar-refractivity contribution in [2.45, 2.75) is 0 Å². The van der Waals surface area contributed by atoms with Crippen LogP contribution in [0.4, 0.5) is 5.69 Å². The molecule has 0 saturated carbocycles. The second-order valence-corrected chi connectivity index (χ2v) is 1.87. The van der Waals surface area contributed by atoms with Gasteiger partial charge in [0.05, 0.1) is 0 Å². The Labute approximate surface area is 91.8 Å². The molecule has 1 rings (SSSR count). The Balaban J connectivity index is 0.000001000. The number of benzene rings is 1. The minimum absolute atomic E-state index is 0. The van der Waals surface area contributed by atoms with Gasteiger partial charge in [-0.3, -0.25) is 0 Å². The molecular formula is C8H8N2Y-2. The van der Waals surface area contributed by atoms with Crippen LogP contribution in [-0.4, -0.2) is 6.34 Å². The van der Waals surface area contributed by atoms with E-state index in [4.69, 9.17) is 5.73 Å². The maximum Gasteiger partial charge on any atom is 0 e. The maximum absolute atomic E-state index is 4.98. The molecule has 0 heterocycles. The molecule has 0 aliphatic heterocycles. The van der Waals surface area contributed by atoms with Gasteiger partial charge in [-0.25, -0.2) is 6.92 Å². The van der Waals surface area contributed by atoms with E-state index in [2.05, 4.69) is 18.3 Å². The number of nitrogens with zero attached hydrogens (tertiary/aromatic N) is 1. The third-order valence-electron chi connectivity index (χ3n) is 1.18. The predicted molar refractivity (Wildman–Crippen MR) is 42.2 cm³/mol. The van der Waals surface area contributed by atoms with Crippen molar-refractivity contribution in [1.82, 2.24) is 0 Å². The molecule has 11 heavy (non-hydrogen) atoms. The molecule has 0 aliphatic rings. The molecule has 0 spiro atoms. The zero-order valence-corrected chi connectivity index (χ0v) is 8.96. The van der Waals surface area contributed by atoms with E-state index in [-0.39, 0.29) is 32.7 Å². The van der Waals surface area contributed by atoms with Crippen LogP contribution in [0.5, 0.6) is 0 Å². The average Bonchev–Trinajstić information content (AvgIpc) is 1.94. The Morgan fingerprint density at radius 3 is 2.55 bits per heavy atom. The normalized spacial score (nSPS) is 9.45. The van der Waals surface area contributed by atoms with Crippen LogP contribution < -0.4 is 5.73 Å². The molecule has 1 aromatic carbocycles. The van der Waals surface area contributed by atoms with Crippen LogP contribution in [-0.2, 0) is 32.7 Å². The molecule has 0 amide bonds. The van der Waals surface area contributed by atoms with Crippen molar-refractivity contribution in [3.8, 4) is 0 Å². The Morgan fingerprint density at radius 2 is 2.00 bits per heavy atom. The second-order valence-electron chi connectivity index (χ2n) is 1.87. The predicted octanol–water partition coefficient (Wildman–Crippen LogP) is 1.36. The number of aliphatic imine (C=N–C) groups is 1. The molecule has 0 aromatic heterocycles. The van der Waals surface area contributed by atoms with Gasteiger partial charge < -0.3 is 10.7 Å². The summed E-state index contributed by atoms with van der Waals surface area (Å²) in [6.45, 7) is 3.75. The van der Waals surface area contributed by atoms with Crippen molar-refractivity contribution in [2.75, 3.05) is 0 Å². The fourth-order valence-electron chi connectivity index (χ4n) is 0.689. The standard InChI is InChI=1S/C8H8N2.Y/c1-7-4-2-3-5-8(7)10-6-9;/h2-5H,1H2,(H2,9,10);/q-2;. The molecule has 0 aliphatic carbocycles. The fraction of sp³-hybridized carbons (Fsp3) is 0. The molecule has 0 fully saturated rings. The summed E-state index contributed by atoms with van der Waals surface area (Å²) in [6.07, 6.45) is 2.21. The first-order valence-corrected chi connectivity index (χ1v) is 2.92. The minimum Gasteiger partial charge on any atom is -0.473 e. The smallest absolute Gasteiger partial charge is 0 e. The number of hydrogen-bond acceptors (Lipinski definition) is 1. The zero-order valence-electron chi connectivity index (χ0n) is 6.12. The molecule has 0 atom stereocenters. The Morgan fingerprint density at radius 1 is 1.36 bits per heavy atom. The fourth-order valence-corrected chi connectivity index (χ4v) is 0.689. The molecule has 1 radical (unpaired) electrons. The largest absolute Gasteiger partial charge is 0.473 e. The summed E-state index contributed by atoms with van der Waals surface area (Å²) in [6, 6.07) is 7.49. The van der Waals surface area contributed by atoms with E-state index in [0.29, 0.717) is 0 Å². The number of nitrogens with two attached hydrogens (primary N) is 1. The Kier molecular flexibility index (Phi) is 5.17. The summed E-state index contributed by atoms with van der Waals surface area (Å²) in [4.78, 5) is 3.77. The van der Waals surface area contributed by atoms with Crippen LogP contribution in [0.1, 0.15) is 5.56 Å². The summed E-state index contributed by atoms with van der Waals surface area (Å²) in [7, 11) is 0. The maximum atomic E-state index is 4.98. The molecule has 2 nitrogen and oxygen atoms in total. The van der Waals surface area contributed by atoms with Crippen molar-refractivity contribution >= 4 is 12.0 Å². The summed E-state index contributed by atoms with van der Waals surface area (Å²) in [5, 5.41) is 0. The monoisotopic (exact) mass is 221 g/mol. The van der Waals surface area contributed by atoms with Crippen LogP contribution >= 0.6 is 0 Å². The van der Waals surface area contributed by atoms with Gasteiger partial charge in [0.15, 0.2) is 0 Å². The molecule has 55 valence electrons. The van der Waals surface area contributed by atoms with E-state index >= 15 is 0 Å². The van der Waals surface area contributed by atoms with Gasteiger partial charge in [-0.15, -0.1) is 17.8 Å². The molecule has 1 aromatic rings. The van der Waals surface area contributed by atoms with E-state index in [0.717, 1.165) is 11.3 Å². The van der Waals surface area contributed by atoms with Crippen molar-refractivity contribution < 1.29 is 32.7 Å². The van der Waals surface area contributed by atoms with Crippen molar-refractivity contribution in [3.05, 3.63) is 36.8 Å². The van der Waals surface area contributed by atoms with Gasteiger partial charge in [-0.1, -0.05) is 12.4 Å². The first kappa shape index (κ1) is 10.7. The quantitative estimate of drug-likeness (QED) is 0.330. The van der Waals surface area contributed by atoms with Crippen molar-refractivity contribution in [2.24, 2.45) is 10.7 Å². The molecule has 0 bridgehead atoms. The topological polar surface area (TPSA) is 38.4 Å². The minimum atomic E-state index is 0. The first-order valence-electron chi connectivity index (χ1n) is 2.92. The van der Waals surface area contributed by atoms with E-state index < -0.39 is 0 Å². The van der Waals surface area contributed by atoms with Gasteiger partial charge in [0, 0.05) is 32.7 Å². The van der Waals surface area contributed by atoms with Crippen LogP contribution in [0.15, 0.2) is 29.3 Å². The van der Waals surface area contributed by atoms with Crippen LogP contribution in [0.25, 0.3) is 0 Å². The summed E-state index contributed by atoms with van der Waals surface area (Å²) >= 11 is 0. The Bertz CT molecular complexity index is 246. The second kappa shape index (κ2) is 5.33. The summed E-state index contributed by atoms with van der Waals surface area (Å²) < 4.78 is 0. The van der Waals surface area contributed by atoms with Crippen LogP contribution in [0.3, 0.4) is 0 Å². The van der Waals surface area contributed by atoms with Crippen LogP contribution in [0.2, 0.25) is 0 Å². The average molecular weight is 221 g/mol. The van der Waals surface area contributed by atoms with Gasteiger partial charge in [-0.05, 0) is 0 Å². The van der Waals surface area contributed by atoms with Crippen molar-refractivity contribution in [1.29, 1.82) is 0 Å².